The van der Waals surface area contributed by atoms with E-state index in [-0.39, 0.29) is 28.6 Å². The summed E-state index contributed by atoms with van der Waals surface area (Å²) in [6, 6.07) is 18.5. The highest BCUT2D eigenvalue weighted by Gasteiger charge is 2.29. The number of carbonyl (C=O) groups excluding carboxylic acids is 2. The van der Waals surface area contributed by atoms with Gasteiger partial charge >= 0.3 is 5.97 Å². The second-order valence-corrected chi connectivity index (χ2v) is 10.2. The lowest BCUT2D eigenvalue weighted by molar-refractivity contribution is 0.0600. The Morgan fingerprint density at radius 3 is 2.44 bits per heavy atom. The first kappa shape index (κ1) is 23.9. The number of halogens is 1. The zero-order chi connectivity index (χ0) is 24.3. The van der Waals surface area contributed by atoms with Gasteiger partial charge in [0, 0.05) is 19.6 Å². The Hall–Kier alpha value is -3.20. The summed E-state index contributed by atoms with van der Waals surface area (Å²) in [5, 5.41) is 2.90. The van der Waals surface area contributed by atoms with Gasteiger partial charge in [-0.2, -0.15) is 4.31 Å². The monoisotopic (exact) mass is 498 g/mol. The molecule has 0 unspecified atom stereocenters. The molecular formula is C25H23ClN2O5S. The second kappa shape index (κ2) is 9.97. The third-order valence-corrected chi connectivity index (χ3v) is 7.91. The largest absolute Gasteiger partial charge is 0.465 e. The number of carbonyl (C=O) groups is 2. The van der Waals surface area contributed by atoms with Gasteiger partial charge in [0.2, 0.25) is 10.0 Å². The number of rotatable bonds is 6. The number of sulfonamides is 1. The molecule has 0 spiro atoms. The number of nitrogens with zero attached hydrogens (tertiary/aromatic N) is 1. The highest BCUT2D eigenvalue weighted by Crippen LogP contribution is 2.27. The maximum Gasteiger partial charge on any atom is 0.337 e. The van der Waals surface area contributed by atoms with Crippen LogP contribution in [0.3, 0.4) is 0 Å². The van der Waals surface area contributed by atoms with Crippen LogP contribution in [-0.2, 0) is 34.3 Å². The lowest BCUT2D eigenvalue weighted by Gasteiger charge is -2.28. The summed E-state index contributed by atoms with van der Waals surface area (Å²) in [5.74, 6) is -0.944. The van der Waals surface area contributed by atoms with Crippen LogP contribution in [0.1, 0.15) is 37.4 Å². The summed E-state index contributed by atoms with van der Waals surface area (Å²) in [4.78, 5) is 24.4. The van der Waals surface area contributed by atoms with Gasteiger partial charge in [0.1, 0.15) is 0 Å². The highest BCUT2D eigenvalue weighted by atomic mass is 35.5. The summed E-state index contributed by atoms with van der Waals surface area (Å²) in [6.07, 6.45) is 0.630. The fourth-order valence-corrected chi connectivity index (χ4v) is 5.47. The summed E-state index contributed by atoms with van der Waals surface area (Å²) in [6.45, 7) is 0.825. The van der Waals surface area contributed by atoms with Gasteiger partial charge in [0.25, 0.3) is 5.91 Å². The van der Waals surface area contributed by atoms with Crippen molar-refractivity contribution in [3.05, 3.63) is 99.6 Å². The van der Waals surface area contributed by atoms with Crippen molar-refractivity contribution < 1.29 is 22.7 Å². The maximum absolute atomic E-state index is 13.3. The fraction of sp³-hybridized carbons (Fsp3) is 0.200. The van der Waals surface area contributed by atoms with Crippen LogP contribution in [0, 0.1) is 0 Å². The van der Waals surface area contributed by atoms with Crippen LogP contribution in [0.25, 0.3) is 0 Å². The molecule has 7 nitrogen and oxygen atoms in total. The van der Waals surface area contributed by atoms with Crippen molar-refractivity contribution >= 4 is 33.5 Å². The topological polar surface area (TPSA) is 92.8 Å². The van der Waals surface area contributed by atoms with Gasteiger partial charge in [0.05, 0.1) is 28.2 Å². The molecule has 0 radical (unpaired) electrons. The fourth-order valence-electron chi connectivity index (χ4n) is 3.82. The van der Waals surface area contributed by atoms with Gasteiger partial charge in [-0.3, -0.25) is 4.79 Å². The van der Waals surface area contributed by atoms with E-state index >= 15 is 0 Å². The zero-order valence-electron chi connectivity index (χ0n) is 18.5. The van der Waals surface area contributed by atoms with Crippen LogP contribution in [0.5, 0.6) is 0 Å². The van der Waals surface area contributed by atoms with Gasteiger partial charge in [-0.05, 0) is 53.4 Å². The van der Waals surface area contributed by atoms with E-state index in [0.29, 0.717) is 18.5 Å². The van der Waals surface area contributed by atoms with Crippen molar-refractivity contribution in [3.8, 4) is 0 Å². The Morgan fingerprint density at radius 1 is 1.03 bits per heavy atom. The van der Waals surface area contributed by atoms with Crippen LogP contribution in [0.2, 0.25) is 5.02 Å². The van der Waals surface area contributed by atoms with Crippen LogP contribution < -0.4 is 5.32 Å². The van der Waals surface area contributed by atoms with E-state index in [2.05, 4.69) is 10.1 Å². The molecule has 1 N–H and O–H groups in total. The van der Waals surface area contributed by atoms with E-state index < -0.39 is 21.9 Å². The predicted octanol–water partition coefficient (Wildman–Crippen LogP) is 3.80. The van der Waals surface area contributed by atoms with E-state index in [1.54, 1.807) is 24.3 Å². The van der Waals surface area contributed by atoms with Gasteiger partial charge < -0.3 is 10.1 Å². The summed E-state index contributed by atoms with van der Waals surface area (Å²) < 4.78 is 32.7. The molecule has 0 fully saturated rings. The third-order valence-electron chi connectivity index (χ3n) is 5.74. The Morgan fingerprint density at radius 2 is 1.74 bits per heavy atom. The number of hydrogen-bond acceptors (Lipinski definition) is 5. The average Bonchev–Trinajstić information content (AvgIpc) is 2.87. The van der Waals surface area contributed by atoms with Crippen molar-refractivity contribution in [3.63, 3.8) is 0 Å². The summed E-state index contributed by atoms with van der Waals surface area (Å²) in [5.41, 5.74) is 3.35. The molecule has 9 heteroatoms. The molecule has 3 aromatic rings. The van der Waals surface area contributed by atoms with E-state index in [1.165, 1.54) is 29.6 Å². The number of hydrogen-bond donors (Lipinski definition) is 1. The van der Waals surface area contributed by atoms with Crippen molar-refractivity contribution in [2.45, 2.75) is 24.4 Å². The number of methoxy groups -OCH3 is 1. The molecule has 176 valence electrons. The maximum atomic E-state index is 13.3. The molecule has 0 aliphatic carbocycles. The molecular weight excluding hydrogens is 476 g/mol. The van der Waals surface area contributed by atoms with E-state index in [1.807, 2.05) is 24.3 Å². The lowest BCUT2D eigenvalue weighted by Crippen LogP contribution is -2.36. The third kappa shape index (κ3) is 4.99. The number of benzene rings is 3. The normalized spacial score (nSPS) is 13.7. The number of ether oxygens (including phenoxy) is 1. The van der Waals surface area contributed by atoms with Crippen LogP contribution >= 0.6 is 11.6 Å². The first-order valence-electron chi connectivity index (χ1n) is 10.6. The minimum absolute atomic E-state index is 0.0175. The number of nitrogens with one attached hydrogen (secondary N) is 1. The molecule has 0 aromatic heterocycles. The van der Waals surface area contributed by atoms with E-state index in [0.717, 1.165) is 16.7 Å². The predicted molar refractivity (Wildman–Crippen MR) is 128 cm³/mol. The van der Waals surface area contributed by atoms with Crippen molar-refractivity contribution in [2.24, 2.45) is 0 Å². The quantitative estimate of drug-likeness (QED) is 0.522. The van der Waals surface area contributed by atoms with Gasteiger partial charge in [-0.25, -0.2) is 13.2 Å². The smallest absolute Gasteiger partial charge is 0.337 e. The Balaban J connectivity index is 1.49. The molecule has 0 saturated carbocycles. The Kier molecular flexibility index (Phi) is 7.02. The molecule has 3 aromatic carbocycles. The zero-order valence-corrected chi connectivity index (χ0v) is 20.0. The summed E-state index contributed by atoms with van der Waals surface area (Å²) >= 11 is 6.23. The van der Waals surface area contributed by atoms with Crippen molar-refractivity contribution in [1.29, 1.82) is 0 Å². The molecule has 4 rings (SSSR count). The minimum Gasteiger partial charge on any atom is -0.465 e. The first-order valence-corrected chi connectivity index (χ1v) is 12.4. The lowest BCUT2D eigenvalue weighted by atomic mass is 10.0. The summed E-state index contributed by atoms with van der Waals surface area (Å²) in [7, 11) is -2.50. The minimum atomic E-state index is -3.81. The van der Waals surface area contributed by atoms with Crippen LogP contribution in [0.4, 0.5) is 0 Å². The molecule has 0 atom stereocenters. The molecule has 34 heavy (non-hydrogen) atoms. The molecule has 1 aliphatic rings. The van der Waals surface area contributed by atoms with Crippen molar-refractivity contribution in [2.75, 3.05) is 13.7 Å². The average molecular weight is 499 g/mol. The first-order chi connectivity index (χ1) is 16.3. The highest BCUT2D eigenvalue weighted by molar-refractivity contribution is 7.89. The van der Waals surface area contributed by atoms with E-state index in [9.17, 15) is 18.0 Å². The van der Waals surface area contributed by atoms with Gasteiger partial charge in [-0.1, -0.05) is 48.0 Å². The molecule has 1 amide bonds. The Bertz CT molecular complexity index is 1340. The molecule has 1 heterocycles. The number of amides is 1. The van der Waals surface area contributed by atoms with E-state index in [4.69, 9.17) is 11.6 Å². The van der Waals surface area contributed by atoms with Gasteiger partial charge in [-0.15, -0.1) is 0 Å². The molecule has 0 saturated heterocycles. The van der Waals surface area contributed by atoms with Crippen LogP contribution in [-0.4, -0.2) is 38.3 Å². The number of esters is 1. The van der Waals surface area contributed by atoms with Gasteiger partial charge in [0.15, 0.2) is 0 Å². The molecule has 0 bridgehead atoms. The van der Waals surface area contributed by atoms with Crippen molar-refractivity contribution in [1.82, 2.24) is 9.62 Å². The SMILES string of the molecule is COC(=O)c1ccc(CNC(=O)c2cc(S(=O)(=O)N3CCc4ccccc4C3)ccc2Cl)cc1. The second-order valence-electron chi connectivity index (χ2n) is 7.87. The van der Waals surface area contributed by atoms with Crippen LogP contribution in [0.15, 0.2) is 71.6 Å². The molecule has 1 aliphatic heterocycles. The Labute approximate surface area is 203 Å². The standard InChI is InChI=1S/C25H23ClN2O5S/c1-33-25(30)19-8-6-17(7-9-19)15-27-24(29)22-14-21(10-11-23(22)26)34(31,32)28-13-12-18-4-2-3-5-20(18)16-28/h2-11,14H,12-13,15-16H2,1H3,(H,27,29). The number of fused-ring (bicyclic) bond motifs is 1.